The molecule has 3 heteroatoms. The summed E-state index contributed by atoms with van der Waals surface area (Å²) in [5, 5.41) is 3.39. The molecule has 16 heavy (non-hydrogen) atoms. The van der Waals surface area contributed by atoms with Crippen LogP contribution in [0.2, 0.25) is 0 Å². The van der Waals surface area contributed by atoms with E-state index in [4.69, 9.17) is 4.74 Å². The molecule has 0 aliphatic heterocycles. The molecule has 0 saturated carbocycles. The summed E-state index contributed by atoms with van der Waals surface area (Å²) in [4.78, 5) is 4.18. The fourth-order valence-corrected chi connectivity index (χ4v) is 1.40. The van der Waals surface area contributed by atoms with Crippen LogP contribution in [0, 0.1) is 0 Å². The quantitative estimate of drug-likeness (QED) is 0.769. The van der Waals surface area contributed by atoms with E-state index in [1.165, 1.54) is 5.56 Å². The van der Waals surface area contributed by atoms with Gasteiger partial charge in [0, 0.05) is 12.2 Å². The van der Waals surface area contributed by atoms with Crippen LogP contribution in [0.1, 0.15) is 32.8 Å². The van der Waals surface area contributed by atoms with Gasteiger partial charge in [0.1, 0.15) is 5.75 Å². The molecule has 1 N–H and O–H groups in total. The van der Waals surface area contributed by atoms with Crippen molar-refractivity contribution in [3.63, 3.8) is 0 Å². The van der Waals surface area contributed by atoms with Gasteiger partial charge in [-0.25, -0.2) is 0 Å². The summed E-state index contributed by atoms with van der Waals surface area (Å²) in [6.07, 6.45) is 5.70. The van der Waals surface area contributed by atoms with Crippen molar-refractivity contribution in [1.82, 2.24) is 10.3 Å². The summed E-state index contributed by atoms with van der Waals surface area (Å²) in [6.45, 7) is 8.15. The summed E-state index contributed by atoms with van der Waals surface area (Å²) in [7, 11) is 0. The number of ether oxygens (including phenoxy) is 1. The molecule has 0 bridgehead atoms. The van der Waals surface area contributed by atoms with Gasteiger partial charge < -0.3 is 10.1 Å². The summed E-state index contributed by atoms with van der Waals surface area (Å²) in [6, 6.07) is 2.61. The number of nitrogens with one attached hydrogen (secondary N) is 1. The van der Waals surface area contributed by atoms with Gasteiger partial charge in [-0.15, -0.1) is 0 Å². The Bertz CT molecular complexity index is 300. The van der Waals surface area contributed by atoms with E-state index < -0.39 is 0 Å². The van der Waals surface area contributed by atoms with Crippen LogP contribution in [-0.2, 0) is 6.42 Å². The van der Waals surface area contributed by atoms with Crippen molar-refractivity contribution in [3.05, 3.63) is 24.0 Å². The lowest BCUT2D eigenvalue weighted by molar-refractivity contribution is 0.316. The van der Waals surface area contributed by atoms with Crippen molar-refractivity contribution < 1.29 is 4.74 Å². The molecule has 0 aromatic carbocycles. The average Bonchev–Trinajstić information content (AvgIpc) is 2.26. The first-order valence-electron chi connectivity index (χ1n) is 6.02. The third kappa shape index (κ3) is 5.12. The number of hydrogen-bond donors (Lipinski definition) is 1. The van der Waals surface area contributed by atoms with E-state index in [2.05, 4.69) is 37.1 Å². The monoisotopic (exact) mass is 222 g/mol. The molecule has 90 valence electrons. The Morgan fingerprint density at radius 1 is 1.38 bits per heavy atom. The van der Waals surface area contributed by atoms with Crippen LogP contribution >= 0.6 is 0 Å². The summed E-state index contributed by atoms with van der Waals surface area (Å²) in [5.41, 5.74) is 1.22. The van der Waals surface area contributed by atoms with Crippen molar-refractivity contribution in [3.8, 4) is 5.75 Å². The third-order valence-corrected chi connectivity index (χ3v) is 2.21. The first kappa shape index (κ1) is 13.0. The molecule has 0 saturated heterocycles. The van der Waals surface area contributed by atoms with Crippen LogP contribution < -0.4 is 10.1 Å². The predicted molar refractivity (Wildman–Crippen MR) is 66.9 cm³/mol. The molecule has 1 heterocycles. The largest absolute Gasteiger partial charge is 0.492 e. The molecular weight excluding hydrogens is 200 g/mol. The van der Waals surface area contributed by atoms with E-state index in [-0.39, 0.29) is 0 Å². The molecule has 0 atom stereocenters. The Morgan fingerprint density at radius 2 is 2.19 bits per heavy atom. The molecule has 1 rings (SSSR count). The lowest BCUT2D eigenvalue weighted by atomic mass is 10.2. The lowest BCUT2D eigenvalue weighted by Gasteiger charge is -2.09. The normalized spacial score (nSPS) is 10.8. The first-order chi connectivity index (χ1) is 7.72. The van der Waals surface area contributed by atoms with Crippen LogP contribution in [0.5, 0.6) is 5.75 Å². The number of aromatic nitrogens is 1. The molecule has 0 aliphatic carbocycles. The Kier molecular flexibility index (Phi) is 5.86. The van der Waals surface area contributed by atoms with Crippen molar-refractivity contribution in [1.29, 1.82) is 0 Å². The predicted octanol–water partition coefficient (Wildman–Crippen LogP) is 2.41. The van der Waals surface area contributed by atoms with Crippen molar-refractivity contribution in [2.24, 2.45) is 0 Å². The maximum Gasteiger partial charge on any atom is 0.137 e. The highest BCUT2D eigenvalue weighted by molar-refractivity contribution is 5.23. The zero-order chi connectivity index (χ0) is 11.8. The highest BCUT2D eigenvalue weighted by Gasteiger charge is 1.98. The number of hydrogen-bond acceptors (Lipinski definition) is 3. The van der Waals surface area contributed by atoms with E-state index >= 15 is 0 Å². The second-order valence-corrected chi connectivity index (χ2v) is 4.24. The topological polar surface area (TPSA) is 34.1 Å². The molecule has 0 spiro atoms. The molecule has 0 fully saturated rings. The molecule has 3 nitrogen and oxygen atoms in total. The van der Waals surface area contributed by atoms with E-state index in [9.17, 15) is 0 Å². The zero-order valence-corrected chi connectivity index (χ0v) is 10.5. The number of rotatable bonds is 7. The van der Waals surface area contributed by atoms with Gasteiger partial charge in [0.15, 0.2) is 0 Å². The molecule has 0 amide bonds. The highest BCUT2D eigenvalue weighted by Crippen LogP contribution is 2.11. The third-order valence-electron chi connectivity index (χ3n) is 2.21. The first-order valence-corrected chi connectivity index (χ1v) is 6.02. The number of pyridine rings is 1. The fraction of sp³-hybridized carbons (Fsp3) is 0.615. The molecule has 1 aromatic heterocycles. The SMILES string of the molecule is CCCOc1cncc(CCNC(C)C)c1. The maximum absolute atomic E-state index is 5.54. The van der Waals surface area contributed by atoms with Crippen molar-refractivity contribution >= 4 is 0 Å². The minimum atomic E-state index is 0.535. The number of nitrogens with zero attached hydrogens (tertiary/aromatic N) is 1. The molecule has 0 radical (unpaired) electrons. The molecule has 0 unspecified atom stereocenters. The Hall–Kier alpha value is -1.09. The van der Waals surface area contributed by atoms with Crippen LogP contribution in [0.4, 0.5) is 0 Å². The molecule has 1 aromatic rings. The van der Waals surface area contributed by atoms with Gasteiger partial charge in [-0.3, -0.25) is 4.98 Å². The van der Waals surface area contributed by atoms with Gasteiger partial charge in [0.05, 0.1) is 12.8 Å². The molecule has 0 aliphatic rings. The van der Waals surface area contributed by atoms with Crippen LogP contribution in [-0.4, -0.2) is 24.2 Å². The van der Waals surface area contributed by atoms with Crippen LogP contribution in [0.25, 0.3) is 0 Å². The summed E-state index contributed by atoms with van der Waals surface area (Å²) >= 11 is 0. The summed E-state index contributed by atoms with van der Waals surface area (Å²) in [5.74, 6) is 0.879. The minimum Gasteiger partial charge on any atom is -0.492 e. The summed E-state index contributed by atoms with van der Waals surface area (Å²) < 4.78 is 5.54. The Balaban J connectivity index is 2.40. The van der Waals surface area contributed by atoms with Crippen molar-refractivity contribution in [2.75, 3.05) is 13.2 Å². The van der Waals surface area contributed by atoms with Gasteiger partial charge in [-0.05, 0) is 31.0 Å². The standard InChI is InChI=1S/C13H22N2O/c1-4-7-16-13-8-12(9-14-10-13)5-6-15-11(2)3/h8-11,15H,4-7H2,1-3H3. The van der Waals surface area contributed by atoms with E-state index in [0.29, 0.717) is 6.04 Å². The highest BCUT2D eigenvalue weighted by atomic mass is 16.5. The van der Waals surface area contributed by atoms with Crippen LogP contribution in [0.15, 0.2) is 18.5 Å². The minimum absolute atomic E-state index is 0.535. The van der Waals surface area contributed by atoms with Gasteiger partial charge in [0.25, 0.3) is 0 Å². The zero-order valence-electron chi connectivity index (χ0n) is 10.5. The van der Waals surface area contributed by atoms with Gasteiger partial charge >= 0.3 is 0 Å². The van der Waals surface area contributed by atoms with E-state index in [1.54, 1.807) is 6.20 Å². The lowest BCUT2D eigenvalue weighted by Crippen LogP contribution is -2.24. The average molecular weight is 222 g/mol. The van der Waals surface area contributed by atoms with Gasteiger partial charge in [0.2, 0.25) is 0 Å². The van der Waals surface area contributed by atoms with E-state index in [1.807, 2.05) is 6.20 Å². The second-order valence-electron chi connectivity index (χ2n) is 4.24. The fourth-order valence-electron chi connectivity index (χ4n) is 1.40. The maximum atomic E-state index is 5.54. The van der Waals surface area contributed by atoms with Crippen LogP contribution in [0.3, 0.4) is 0 Å². The van der Waals surface area contributed by atoms with Gasteiger partial charge in [-0.1, -0.05) is 20.8 Å². The van der Waals surface area contributed by atoms with E-state index in [0.717, 1.165) is 31.7 Å². The second kappa shape index (κ2) is 7.23. The van der Waals surface area contributed by atoms with Gasteiger partial charge in [-0.2, -0.15) is 0 Å². The Labute approximate surface area is 98.2 Å². The van der Waals surface area contributed by atoms with Crippen molar-refractivity contribution in [2.45, 2.75) is 39.7 Å². The Morgan fingerprint density at radius 3 is 2.88 bits per heavy atom. The smallest absolute Gasteiger partial charge is 0.137 e. The molecular formula is C13H22N2O.